The lowest BCUT2D eigenvalue weighted by molar-refractivity contribution is -0.680. The molecule has 1 aromatic carbocycles. The zero-order valence-electron chi connectivity index (χ0n) is 14.6. The molecule has 1 aromatic heterocycles. The molecule has 26 heavy (non-hydrogen) atoms. The highest BCUT2D eigenvalue weighted by molar-refractivity contribution is 8.93. The Hall–Kier alpha value is -1.93. The van der Waals surface area contributed by atoms with E-state index in [0.717, 1.165) is 42.5 Å². The average molecular weight is 485 g/mol. The summed E-state index contributed by atoms with van der Waals surface area (Å²) in [6, 6.07) is 13.9. The highest BCUT2D eigenvalue weighted by Crippen LogP contribution is 2.12. The molecule has 140 valence electrons. The number of nitrogens with zero attached hydrogens (tertiary/aromatic N) is 3. The monoisotopic (exact) mass is 483 g/mol. The van der Waals surface area contributed by atoms with Crippen molar-refractivity contribution in [3.63, 3.8) is 0 Å². The first-order valence-electron chi connectivity index (χ1n) is 8.05. The largest absolute Gasteiger partial charge is 1.00 e. The molecule has 0 atom stereocenters. The number of halogens is 2. The second kappa shape index (κ2) is 11.6. The van der Waals surface area contributed by atoms with Crippen molar-refractivity contribution in [3.05, 3.63) is 59.9 Å². The number of aromatic nitrogens is 1. The number of hydrazone groups is 1. The van der Waals surface area contributed by atoms with Crippen LogP contribution >= 0.6 is 17.0 Å². The Morgan fingerprint density at radius 2 is 2.08 bits per heavy atom. The second-order valence-corrected chi connectivity index (χ2v) is 5.54. The first-order valence-corrected chi connectivity index (χ1v) is 8.05. The van der Waals surface area contributed by atoms with Crippen molar-refractivity contribution >= 4 is 29.2 Å². The van der Waals surface area contributed by atoms with Crippen molar-refractivity contribution in [2.75, 3.05) is 13.1 Å². The van der Waals surface area contributed by atoms with Gasteiger partial charge in [-0.15, -0.1) is 17.0 Å². The van der Waals surface area contributed by atoms with E-state index in [1.807, 2.05) is 49.6 Å². The summed E-state index contributed by atoms with van der Waals surface area (Å²) in [6.45, 7) is 2.32. The molecule has 0 saturated carbocycles. The van der Waals surface area contributed by atoms with Crippen LogP contribution in [0.5, 0.6) is 5.75 Å². The van der Waals surface area contributed by atoms with Crippen LogP contribution in [0.1, 0.15) is 17.7 Å². The van der Waals surface area contributed by atoms with E-state index in [1.165, 1.54) is 0 Å². The number of guanidine groups is 1. The lowest BCUT2D eigenvalue weighted by Gasteiger charge is -2.12. The molecular weight excluding hydrogens is 462 g/mol. The van der Waals surface area contributed by atoms with E-state index in [1.54, 1.807) is 6.21 Å². The Morgan fingerprint density at radius 3 is 2.77 bits per heavy atom. The van der Waals surface area contributed by atoms with Gasteiger partial charge in [-0.05, 0) is 42.3 Å². The van der Waals surface area contributed by atoms with Gasteiger partial charge in [0.2, 0.25) is 11.7 Å². The van der Waals surface area contributed by atoms with Gasteiger partial charge >= 0.3 is 0 Å². The quantitative estimate of drug-likeness (QED) is 0.323. The van der Waals surface area contributed by atoms with Gasteiger partial charge in [0.25, 0.3) is 0 Å². The molecule has 0 fully saturated rings. The summed E-state index contributed by atoms with van der Waals surface area (Å²) in [6.07, 6.45) is 4.84. The Labute approximate surface area is 174 Å². The molecule has 0 spiro atoms. The van der Waals surface area contributed by atoms with E-state index in [9.17, 15) is 0 Å². The van der Waals surface area contributed by atoms with Crippen molar-refractivity contribution in [2.24, 2.45) is 17.1 Å². The molecule has 0 radical (unpaired) electrons. The second-order valence-electron chi connectivity index (χ2n) is 5.54. The molecule has 0 aliphatic carbocycles. The van der Waals surface area contributed by atoms with Crippen molar-refractivity contribution in [3.8, 4) is 5.75 Å². The highest BCUT2D eigenvalue weighted by Gasteiger charge is 2.05. The number of aryl methyl sites for hydroxylation is 1. The normalized spacial score (nSPS) is 13.0. The Balaban J connectivity index is 0.00000169. The molecule has 6 nitrogen and oxygen atoms in total. The fourth-order valence-electron chi connectivity index (χ4n) is 2.29. The van der Waals surface area contributed by atoms with Gasteiger partial charge in [0, 0.05) is 25.2 Å². The average Bonchev–Trinajstić information content (AvgIpc) is 2.63. The molecule has 2 heterocycles. The molecule has 0 bridgehead atoms. The van der Waals surface area contributed by atoms with Gasteiger partial charge < -0.3 is 27.0 Å². The number of aliphatic imine (C=N–C) groups is 1. The topological polar surface area (TPSA) is 61.9 Å². The van der Waals surface area contributed by atoms with Crippen LogP contribution in [0.4, 0.5) is 0 Å². The van der Waals surface area contributed by atoms with Crippen molar-refractivity contribution in [1.29, 1.82) is 0 Å². The van der Waals surface area contributed by atoms with E-state index in [2.05, 4.69) is 31.5 Å². The number of benzene rings is 1. The van der Waals surface area contributed by atoms with Gasteiger partial charge in [-0.2, -0.15) is 5.10 Å². The van der Waals surface area contributed by atoms with Crippen LogP contribution in [0, 0.1) is 0 Å². The molecule has 1 aliphatic rings. The molecule has 3 rings (SSSR count). The summed E-state index contributed by atoms with van der Waals surface area (Å²) in [7, 11) is 2.01. The maximum atomic E-state index is 5.82. The SMILES string of the molecule is Br.C[n+]1ccccc1COc1ccc(/C=N/NC2=NCCCN2)cc1.[Br-]. The third-order valence-corrected chi connectivity index (χ3v) is 3.71. The summed E-state index contributed by atoms with van der Waals surface area (Å²) in [5.74, 6) is 1.57. The van der Waals surface area contributed by atoms with Crippen LogP contribution in [0.2, 0.25) is 0 Å². The number of nitrogens with one attached hydrogen (secondary N) is 2. The zero-order chi connectivity index (χ0) is 16.6. The maximum absolute atomic E-state index is 5.82. The molecular formula is C18H23Br2N5O. The van der Waals surface area contributed by atoms with E-state index in [4.69, 9.17) is 4.74 Å². The van der Waals surface area contributed by atoms with Crippen LogP contribution < -0.4 is 37.0 Å². The molecule has 0 saturated heterocycles. The minimum atomic E-state index is 0. The fraction of sp³-hybridized carbons (Fsp3) is 0.278. The molecule has 2 aromatic rings. The summed E-state index contributed by atoms with van der Waals surface area (Å²) in [5.41, 5.74) is 5.03. The molecule has 8 heteroatoms. The van der Waals surface area contributed by atoms with E-state index in [0.29, 0.717) is 6.61 Å². The van der Waals surface area contributed by atoms with Crippen LogP contribution in [0.3, 0.4) is 0 Å². The summed E-state index contributed by atoms with van der Waals surface area (Å²) in [5, 5.41) is 7.34. The third kappa shape index (κ3) is 6.76. The minimum Gasteiger partial charge on any atom is -1.00 e. The Morgan fingerprint density at radius 1 is 1.27 bits per heavy atom. The number of hydrogen-bond donors (Lipinski definition) is 2. The Bertz CT molecular complexity index is 735. The summed E-state index contributed by atoms with van der Waals surface area (Å²) in [4.78, 5) is 4.29. The zero-order valence-corrected chi connectivity index (χ0v) is 17.9. The van der Waals surface area contributed by atoms with Crippen LogP contribution in [-0.4, -0.2) is 25.3 Å². The first-order chi connectivity index (χ1) is 11.8. The molecule has 1 aliphatic heterocycles. The standard InChI is InChI=1S/C18H22N5O.2BrH/c1-23-12-3-2-5-16(23)14-24-17-8-6-15(7-9-17)13-21-22-18-19-10-4-11-20-18;;/h2-3,5-9,12-13H,4,10-11,14H2,1H3,(H2,19,20,22);2*1H/q+1;;/p-1/b21-13+;;. The Kier molecular flexibility index (Phi) is 9.90. The van der Waals surface area contributed by atoms with Crippen molar-refractivity contribution in [1.82, 2.24) is 10.7 Å². The third-order valence-electron chi connectivity index (χ3n) is 3.71. The maximum Gasteiger partial charge on any atom is 0.219 e. The number of ether oxygens (including phenoxy) is 1. The fourth-order valence-corrected chi connectivity index (χ4v) is 2.29. The minimum absolute atomic E-state index is 0. The number of hydrogen-bond acceptors (Lipinski definition) is 5. The number of rotatable bonds is 5. The summed E-state index contributed by atoms with van der Waals surface area (Å²) >= 11 is 0. The van der Waals surface area contributed by atoms with Gasteiger partial charge in [-0.1, -0.05) is 0 Å². The first kappa shape index (κ1) is 22.1. The van der Waals surface area contributed by atoms with E-state index >= 15 is 0 Å². The smallest absolute Gasteiger partial charge is 0.219 e. The molecule has 0 unspecified atom stereocenters. The van der Waals surface area contributed by atoms with Crippen molar-refractivity contribution in [2.45, 2.75) is 13.0 Å². The van der Waals surface area contributed by atoms with Gasteiger partial charge in [0.05, 0.1) is 6.21 Å². The van der Waals surface area contributed by atoms with Crippen LogP contribution in [-0.2, 0) is 13.7 Å². The lowest BCUT2D eigenvalue weighted by atomic mass is 10.2. The predicted octanol–water partition coefficient (Wildman–Crippen LogP) is -1.06. The molecule has 2 N–H and O–H groups in total. The van der Waals surface area contributed by atoms with Gasteiger partial charge in [-0.25, -0.2) is 9.99 Å². The predicted molar refractivity (Wildman–Crippen MR) is 104 cm³/mol. The van der Waals surface area contributed by atoms with Crippen LogP contribution in [0.15, 0.2) is 58.8 Å². The number of pyridine rings is 1. The summed E-state index contributed by atoms with van der Waals surface area (Å²) < 4.78 is 7.87. The van der Waals surface area contributed by atoms with Crippen LogP contribution in [0.25, 0.3) is 0 Å². The van der Waals surface area contributed by atoms with Gasteiger partial charge in [0.1, 0.15) is 12.8 Å². The van der Waals surface area contributed by atoms with Gasteiger partial charge in [-0.3, -0.25) is 4.99 Å². The lowest BCUT2D eigenvalue weighted by Crippen LogP contribution is -3.00. The highest BCUT2D eigenvalue weighted by atomic mass is 79.9. The van der Waals surface area contributed by atoms with Crippen molar-refractivity contribution < 1.29 is 26.3 Å². The van der Waals surface area contributed by atoms with E-state index in [-0.39, 0.29) is 34.0 Å². The van der Waals surface area contributed by atoms with Gasteiger partial charge in [0.15, 0.2) is 12.8 Å². The van der Waals surface area contributed by atoms with E-state index < -0.39 is 0 Å². The molecule has 0 amide bonds.